The number of nitrogens with zero attached hydrogens (tertiary/aromatic N) is 1. The van der Waals surface area contributed by atoms with E-state index >= 15 is 0 Å². The highest BCUT2D eigenvalue weighted by Crippen LogP contribution is 2.60. The van der Waals surface area contributed by atoms with E-state index in [1.807, 2.05) is 36.1 Å². The number of carbonyl (C=O) groups excluding carboxylic acids is 2. The van der Waals surface area contributed by atoms with Gasteiger partial charge in [0.2, 0.25) is 5.91 Å². The third kappa shape index (κ3) is 3.05. The lowest BCUT2D eigenvalue weighted by Gasteiger charge is -2.56. The van der Waals surface area contributed by atoms with Gasteiger partial charge in [-0.2, -0.15) is 0 Å². The quantitative estimate of drug-likeness (QED) is 0.733. The van der Waals surface area contributed by atoms with Gasteiger partial charge in [-0.15, -0.1) is 0 Å². The van der Waals surface area contributed by atoms with Crippen molar-refractivity contribution in [2.75, 3.05) is 6.54 Å². The lowest BCUT2D eigenvalue weighted by molar-refractivity contribution is -0.166. The fraction of sp³-hybridized carbons (Fsp3) is 0.667. The van der Waals surface area contributed by atoms with E-state index < -0.39 is 0 Å². The zero-order valence-electron chi connectivity index (χ0n) is 16.9. The molecule has 1 amide bonds. The number of rotatable bonds is 4. The van der Waals surface area contributed by atoms with Crippen LogP contribution in [0, 0.1) is 30.1 Å². The van der Waals surface area contributed by atoms with Crippen LogP contribution in [0.3, 0.4) is 0 Å². The standard InChI is InChI=1S/C24H31NO3/c1-16-5-2-3-6-20(16)15-28-22(26)21-7-4-8-25(21)23(27)24-12-17-9-18(13-24)11-19(10-17)14-24/h2-3,5-6,17-19,21H,4,7-15H2,1H3. The Morgan fingerprint density at radius 2 is 1.71 bits per heavy atom. The van der Waals surface area contributed by atoms with E-state index in [2.05, 4.69) is 0 Å². The Labute approximate surface area is 167 Å². The number of hydrogen-bond acceptors (Lipinski definition) is 3. The van der Waals surface area contributed by atoms with Crippen molar-refractivity contribution in [2.24, 2.45) is 23.2 Å². The van der Waals surface area contributed by atoms with E-state index in [1.54, 1.807) is 0 Å². The molecule has 1 saturated heterocycles. The summed E-state index contributed by atoms with van der Waals surface area (Å²) < 4.78 is 5.66. The molecule has 4 nitrogen and oxygen atoms in total. The summed E-state index contributed by atoms with van der Waals surface area (Å²) in [5.41, 5.74) is 1.99. The average Bonchev–Trinajstić information content (AvgIpc) is 3.15. The summed E-state index contributed by atoms with van der Waals surface area (Å²) in [6.45, 7) is 3.04. The molecule has 1 aliphatic heterocycles. The van der Waals surface area contributed by atoms with Crippen molar-refractivity contribution < 1.29 is 14.3 Å². The van der Waals surface area contributed by atoms with E-state index in [1.165, 1.54) is 19.3 Å². The van der Waals surface area contributed by atoms with Crippen LogP contribution in [0.15, 0.2) is 24.3 Å². The van der Waals surface area contributed by atoms with Crippen molar-refractivity contribution in [3.05, 3.63) is 35.4 Å². The summed E-state index contributed by atoms with van der Waals surface area (Å²) in [7, 11) is 0. The topological polar surface area (TPSA) is 46.6 Å². The van der Waals surface area contributed by atoms with Gasteiger partial charge in [-0.1, -0.05) is 24.3 Å². The molecule has 1 atom stereocenters. The van der Waals surface area contributed by atoms with Crippen LogP contribution in [-0.2, 0) is 20.9 Å². The molecule has 4 bridgehead atoms. The first-order valence-electron chi connectivity index (χ1n) is 11.1. The van der Waals surface area contributed by atoms with Crippen molar-refractivity contribution >= 4 is 11.9 Å². The lowest BCUT2D eigenvalue weighted by atomic mass is 9.49. The summed E-state index contributed by atoms with van der Waals surface area (Å²) in [5, 5.41) is 0. The minimum Gasteiger partial charge on any atom is -0.459 e. The number of hydrogen-bond donors (Lipinski definition) is 0. The first-order valence-corrected chi connectivity index (χ1v) is 11.1. The Balaban J connectivity index is 1.28. The highest BCUT2D eigenvalue weighted by molar-refractivity contribution is 5.89. The van der Waals surface area contributed by atoms with Crippen LogP contribution < -0.4 is 0 Å². The molecular weight excluding hydrogens is 350 g/mol. The lowest BCUT2D eigenvalue weighted by Crippen LogP contribution is -2.56. The van der Waals surface area contributed by atoms with Crippen LogP contribution in [0.4, 0.5) is 0 Å². The predicted molar refractivity (Wildman–Crippen MR) is 106 cm³/mol. The van der Waals surface area contributed by atoms with Crippen molar-refractivity contribution in [1.82, 2.24) is 4.90 Å². The second kappa shape index (κ2) is 6.89. The molecule has 5 fully saturated rings. The van der Waals surface area contributed by atoms with Crippen molar-refractivity contribution in [2.45, 2.75) is 70.9 Å². The number of amides is 1. The molecule has 0 aromatic heterocycles. The fourth-order valence-corrected chi connectivity index (χ4v) is 6.95. The summed E-state index contributed by atoms with van der Waals surface area (Å²) in [5.74, 6) is 2.26. The van der Waals surface area contributed by atoms with E-state index in [0.717, 1.165) is 61.0 Å². The van der Waals surface area contributed by atoms with Crippen LogP contribution in [0.25, 0.3) is 0 Å². The van der Waals surface area contributed by atoms with Gasteiger partial charge in [0.15, 0.2) is 0 Å². The first kappa shape index (κ1) is 18.2. The van der Waals surface area contributed by atoms with Gasteiger partial charge in [0, 0.05) is 6.54 Å². The summed E-state index contributed by atoms with van der Waals surface area (Å²) in [6.07, 6.45) is 8.79. The molecule has 4 heteroatoms. The SMILES string of the molecule is Cc1ccccc1COC(=O)C1CCCN1C(=O)C12CC3CC(CC(C3)C1)C2. The number of benzene rings is 1. The molecule has 1 unspecified atom stereocenters. The molecule has 4 saturated carbocycles. The monoisotopic (exact) mass is 381 g/mol. The Kier molecular flexibility index (Phi) is 4.48. The van der Waals surface area contributed by atoms with Gasteiger partial charge in [-0.25, -0.2) is 4.79 Å². The molecule has 0 spiro atoms. The Morgan fingerprint density at radius 3 is 2.36 bits per heavy atom. The van der Waals surface area contributed by atoms with E-state index in [0.29, 0.717) is 13.2 Å². The third-order valence-electron chi connectivity index (χ3n) is 7.91. The van der Waals surface area contributed by atoms with Gasteiger partial charge in [0.25, 0.3) is 0 Å². The van der Waals surface area contributed by atoms with Crippen LogP contribution in [-0.4, -0.2) is 29.4 Å². The number of esters is 1. The zero-order chi connectivity index (χ0) is 19.3. The first-order chi connectivity index (χ1) is 13.5. The maximum absolute atomic E-state index is 13.7. The summed E-state index contributed by atoms with van der Waals surface area (Å²) in [4.78, 5) is 28.4. The molecule has 5 aliphatic rings. The molecule has 6 rings (SSSR count). The Bertz CT molecular complexity index is 751. The van der Waals surface area contributed by atoms with Crippen molar-refractivity contribution in [3.63, 3.8) is 0 Å². The Morgan fingerprint density at radius 1 is 1.07 bits per heavy atom. The average molecular weight is 382 g/mol. The molecule has 1 aromatic carbocycles. The van der Waals surface area contributed by atoms with E-state index in [9.17, 15) is 9.59 Å². The van der Waals surface area contributed by atoms with E-state index in [4.69, 9.17) is 4.74 Å². The van der Waals surface area contributed by atoms with Crippen molar-refractivity contribution in [3.8, 4) is 0 Å². The summed E-state index contributed by atoms with van der Waals surface area (Å²) in [6, 6.07) is 7.60. The van der Waals surface area contributed by atoms with Crippen LogP contribution in [0.5, 0.6) is 0 Å². The maximum Gasteiger partial charge on any atom is 0.329 e. The van der Waals surface area contributed by atoms with Gasteiger partial charge in [0.05, 0.1) is 5.41 Å². The molecule has 1 aromatic rings. The minimum absolute atomic E-state index is 0.173. The molecule has 28 heavy (non-hydrogen) atoms. The van der Waals surface area contributed by atoms with Gasteiger partial charge < -0.3 is 9.64 Å². The number of likely N-dealkylation sites (tertiary alicyclic amines) is 1. The molecule has 1 heterocycles. The molecule has 150 valence electrons. The minimum atomic E-state index is -0.385. The predicted octanol–water partition coefficient (Wildman–Crippen LogP) is 4.25. The van der Waals surface area contributed by atoms with E-state index in [-0.39, 0.29) is 23.3 Å². The molecule has 4 aliphatic carbocycles. The van der Waals surface area contributed by atoms with Gasteiger partial charge in [-0.3, -0.25) is 4.79 Å². The number of aryl methyl sites for hydroxylation is 1. The normalized spacial score (nSPS) is 36.0. The van der Waals surface area contributed by atoms with Crippen molar-refractivity contribution in [1.29, 1.82) is 0 Å². The van der Waals surface area contributed by atoms with Crippen LogP contribution in [0.1, 0.15) is 62.5 Å². The third-order valence-corrected chi connectivity index (χ3v) is 7.91. The smallest absolute Gasteiger partial charge is 0.329 e. The number of ether oxygens (including phenoxy) is 1. The fourth-order valence-electron chi connectivity index (χ4n) is 6.95. The number of carbonyl (C=O) groups is 2. The maximum atomic E-state index is 13.7. The van der Waals surface area contributed by atoms with Gasteiger partial charge in [0.1, 0.15) is 12.6 Å². The second-order valence-electron chi connectivity index (χ2n) is 9.89. The zero-order valence-corrected chi connectivity index (χ0v) is 16.9. The Hall–Kier alpha value is -1.84. The summed E-state index contributed by atoms with van der Waals surface area (Å²) >= 11 is 0. The van der Waals surface area contributed by atoms with Crippen LogP contribution in [0.2, 0.25) is 0 Å². The van der Waals surface area contributed by atoms with Gasteiger partial charge in [-0.05, 0) is 87.2 Å². The highest BCUT2D eigenvalue weighted by Gasteiger charge is 2.56. The largest absolute Gasteiger partial charge is 0.459 e. The van der Waals surface area contributed by atoms with Crippen LogP contribution >= 0.6 is 0 Å². The molecule has 0 N–H and O–H groups in total. The second-order valence-corrected chi connectivity index (χ2v) is 9.89. The molecular formula is C24H31NO3. The molecule has 0 radical (unpaired) electrons. The van der Waals surface area contributed by atoms with Gasteiger partial charge >= 0.3 is 5.97 Å². The highest BCUT2D eigenvalue weighted by atomic mass is 16.5.